The van der Waals surface area contributed by atoms with Crippen LogP contribution in [0, 0.1) is 23.2 Å². The third-order valence-electron chi connectivity index (χ3n) is 6.16. The van der Waals surface area contributed by atoms with E-state index in [-0.39, 0.29) is 23.9 Å². The summed E-state index contributed by atoms with van der Waals surface area (Å²) in [6, 6.07) is 7.12. The van der Waals surface area contributed by atoms with Gasteiger partial charge in [0.15, 0.2) is 6.61 Å². The van der Waals surface area contributed by atoms with Gasteiger partial charge in [-0.05, 0) is 68.4 Å². The normalized spacial score (nSPS) is 32.3. The van der Waals surface area contributed by atoms with E-state index >= 15 is 0 Å². The fourth-order valence-corrected chi connectivity index (χ4v) is 5.54. The minimum Gasteiger partial charge on any atom is -0.497 e. The molecule has 0 spiro atoms. The Labute approximate surface area is 148 Å². The van der Waals surface area contributed by atoms with Crippen LogP contribution in [-0.4, -0.2) is 25.6 Å². The van der Waals surface area contributed by atoms with Crippen molar-refractivity contribution in [2.24, 2.45) is 23.2 Å². The Balaban J connectivity index is 1.33. The van der Waals surface area contributed by atoms with E-state index in [0.717, 1.165) is 19.3 Å². The summed E-state index contributed by atoms with van der Waals surface area (Å²) in [6.45, 7) is -0.224. The van der Waals surface area contributed by atoms with Gasteiger partial charge in [0.1, 0.15) is 5.75 Å². The molecule has 4 aliphatic carbocycles. The Kier molecular flexibility index (Phi) is 4.18. The van der Waals surface area contributed by atoms with E-state index in [4.69, 9.17) is 9.47 Å². The van der Waals surface area contributed by atoms with Gasteiger partial charge < -0.3 is 14.8 Å². The molecule has 1 aromatic rings. The number of esters is 1. The Bertz CT molecular complexity index is 649. The first kappa shape index (κ1) is 16.4. The topological polar surface area (TPSA) is 64.6 Å². The van der Waals surface area contributed by atoms with Gasteiger partial charge in [-0.25, -0.2) is 0 Å². The van der Waals surface area contributed by atoms with E-state index in [9.17, 15) is 9.59 Å². The van der Waals surface area contributed by atoms with Crippen LogP contribution in [-0.2, 0) is 14.3 Å². The summed E-state index contributed by atoms with van der Waals surface area (Å²) in [7, 11) is 1.58. The molecule has 134 valence electrons. The zero-order valence-corrected chi connectivity index (χ0v) is 14.6. The van der Waals surface area contributed by atoms with E-state index in [1.807, 2.05) is 6.07 Å². The number of anilines is 1. The van der Waals surface area contributed by atoms with E-state index in [1.54, 1.807) is 25.3 Å². The molecule has 0 saturated heterocycles. The lowest BCUT2D eigenvalue weighted by molar-refractivity contribution is -0.172. The second kappa shape index (κ2) is 6.36. The van der Waals surface area contributed by atoms with Crippen LogP contribution in [0.25, 0.3) is 0 Å². The zero-order valence-electron chi connectivity index (χ0n) is 14.6. The summed E-state index contributed by atoms with van der Waals surface area (Å²) >= 11 is 0. The molecule has 1 amide bonds. The maximum Gasteiger partial charge on any atom is 0.312 e. The number of carbonyl (C=O) groups excluding carboxylic acids is 2. The lowest BCUT2D eigenvalue weighted by Crippen LogP contribution is -2.50. The minimum atomic E-state index is -0.314. The van der Waals surface area contributed by atoms with Crippen molar-refractivity contribution in [2.75, 3.05) is 19.0 Å². The highest BCUT2D eigenvalue weighted by Crippen LogP contribution is 2.60. The van der Waals surface area contributed by atoms with Crippen molar-refractivity contribution >= 4 is 17.6 Å². The molecule has 25 heavy (non-hydrogen) atoms. The molecule has 0 aromatic heterocycles. The molecular weight excluding hydrogens is 318 g/mol. The summed E-state index contributed by atoms with van der Waals surface area (Å²) in [4.78, 5) is 24.8. The Hall–Kier alpha value is -2.04. The molecule has 4 bridgehead atoms. The van der Waals surface area contributed by atoms with Crippen LogP contribution >= 0.6 is 0 Å². The van der Waals surface area contributed by atoms with Gasteiger partial charge in [0, 0.05) is 11.8 Å². The van der Waals surface area contributed by atoms with E-state index in [0.29, 0.717) is 29.2 Å². The number of hydrogen-bond donors (Lipinski definition) is 1. The lowest BCUT2D eigenvalue weighted by Gasteiger charge is -2.55. The third-order valence-corrected chi connectivity index (χ3v) is 6.16. The molecule has 0 atom stereocenters. The van der Waals surface area contributed by atoms with Crippen molar-refractivity contribution < 1.29 is 19.1 Å². The van der Waals surface area contributed by atoms with Gasteiger partial charge in [-0.2, -0.15) is 0 Å². The summed E-state index contributed by atoms with van der Waals surface area (Å²) in [6.07, 6.45) is 6.70. The number of methoxy groups -OCH3 is 1. The predicted octanol–water partition coefficient (Wildman–Crippen LogP) is 3.39. The second-order valence-corrected chi connectivity index (χ2v) is 8.05. The fourth-order valence-electron chi connectivity index (χ4n) is 5.54. The first-order valence-corrected chi connectivity index (χ1v) is 9.17. The van der Waals surface area contributed by atoms with Gasteiger partial charge in [0.25, 0.3) is 5.91 Å². The third kappa shape index (κ3) is 3.24. The number of ether oxygens (including phenoxy) is 2. The summed E-state index contributed by atoms with van der Waals surface area (Å²) in [5.41, 5.74) is 0.320. The van der Waals surface area contributed by atoms with Gasteiger partial charge in [-0.1, -0.05) is 6.07 Å². The number of amides is 1. The summed E-state index contributed by atoms with van der Waals surface area (Å²) in [5, 5.41) is 2.75. The van der Waals surface area contributed by atoms with Crippen molar-refractivity contribution in [2.45, 2.75) is 38.5 Å². The highest BCUT2D eigenvalue weighted by molar-refractivity contribution is 5.93. The quantitative estimate of drug-likeness (QED) is 0.832. The SMILES string of the molecule is COc1cccc(NC(=O)COC(=O)C23CC4CC(CC(C4)C2)C3)c1. The molecule has 0 aliphatic heterocycles. The maximum absolute atomic E-state index is 12.7. The van der Waals surface area contributed by atoms with Crippen molar-refractivity contribution in [1.82, 2.24) is 0 Å². The van der Waals surface area contributed by atoms with Crippen LogP contribution in [0.2, 0.25) is 0 Å². The predicted molar refractivity (Wildman–Crippen MR) is 93.2 cm³/mol. The number of carbonyl (C=O) groups is 2. The average Bonchev–Trinajstić information content (AvgIpc) is 2.58. The van der Waals surface area contributed by atoms with E-state index < -0.39 is 0 Å². The monoisotopic (exact) mass is 343 g/mol. The largest absolute Gasteiger partial charge is 0.497 e. The number of hydrogen-bond acceptors (Lipinski definition) is 4. The molecule has 1 N–H and O–H groups in total. The number of nitrogens with one attached hydrogen (secondary N) is 1. The first-order chi connectivity index (χ1) is 12.1. The van der Waals surface area contributed by atoms with Crippen LogP contribution in [0.15, 0.2) is 24.3 Å². The lowest BCUT2D eigenvalue weighted by atomic mass is 9.49. The van der Waals surface area contributed by atoms with Crippen LogP contribution in [0.1, 0.15) is 38.5 Å². The Morgan fingerprint density at radius 1 is 1.12 bits per heavy atom. The smallest absolute Gasteiger partial charge is 0.312 e. The molecule has 5 nitrogen and oxygen atoms in total. The van der Waals surface area contributed by atoms with Crippen LogP contribution in [0.4, 0.5) is 5.69 Å². The van der Waals surface area contributed by atoms with Gasteiger partial charge in [0.2, 0.25) is 0 Å². The van der Waals surface area contributed by atoms with E-state index in [2.05, 4.69) is 5.32 Å². The molecule has 0 heterocycles. The van der Waals surface area contributed by atoms with Crippen molar-refractivity contribution in [3.8, 4) is 5.75 Å². The number of benzene rings is 1. The standard InChI is InChI=1S/C20H25NO4/c1-24-17-4-2-3-16(8-17)21-18(22)12-25-19(23)20-9-13-5-14(10-20)7-15(6-13)11-20/h2-4,8,13-15H,5-7,9-12H2,1H3,(H,21,22). The van der Waals surface area contributed by atoms with Crippen LogP contribution in [0.3, 0.4) is 0 Å². The fraction of sp³-hybridized carbons (Fsp3) is 0.600. The van der Waals surface area contributed by atoms with Gasteiger partial charge in [0.05, 0.1) is 12.5 Å². The molecule has 5 rings (SSSR count). The summed E-state index contributed by atoms with van der Waals surface area (Å²) < 4.78 is 10.6. The van der Waals surface area contributed by atoms with Crippen molar-refractivity contribution in [1.29, 1.82) is 0 Å². The molecule has 4 saturated carbocycles. The first-order valence-electron chi connectivity index (χ1n) is 9.17. The zero-order chi connectivity index (χ0) is 17.4. The minimum absolute atomic E-state index is 0.160. The average molecular weight is 343 g/mol. The highest BCUT2D eigenvalue weighted by Gasteiger charge is 2.55. The molecule has 4 fully saturated rings. The molecule has 0 unspecified atom stereocenters. The maximum atomic E-state index is 12.7. The van der Waals surface area contributed by atoms with Crippen molar-refractivity contribution in [3.63, 3.8) is 0 Å². The molecule has 4 aliphatic rings. The molecular formula is C20H25NO4. The highest BCUT2D eigenvalue weighted by atomic mass is 16.5. The van der Waals surface area contributed by atoms with Crippen molar-refractivity contribution in [3.05, 3.63) is 24.3 Å². The van der Waals surface area contributed by atoms with E-state index in [1.165, 1.54) is 19.3 Å². The molecule has 1 aromatic carbocycles. The van der Waals surface area contributed by atoms with Crippen LogP contribution in [0.5, 0.6) is 5.75 Å². The van der Waals surface area contributed by atoms with Gasteiger partial charge in [-0.3, -0.25) is 9.59 Å². The molecule has 0 radical (unpaired) electrons. The second-order valence-electron chi connectivity index (χ2n) is 8.05. The van der Waals surface area contributed by atoms with Crippen LogP contribution < -0.4 is 10.1 Å². The molecule has 5 heteroatoms. The van der Waals surface area contributed by atoms with Gasteiger partial charge >= 0.3 is 5.97 Å². The Morgan fingerprint density at radius 3 is 2.36 bits per heavy atom. The summed E-state index contributed by atoms with van der Waals surface area (Å²) in [5.74, 6) is 2.25. The number of rotatable bonds is 5. The van der Waals surface area contributed by atoms with Gasteiger partial charge in [-0.15, -0.1) is 0 Å². The Morgan fingerprint density at radius 2 is 1.76 bits per heavy atom.